The number of morpholine rings is 1. The Balaban J connectivity index is 1.25. The second-order valence-electron chi connectivity index (χ2n) is 11.5. The highest BCUT2D eigenvalue weighted by molar-refractivity contribution is 7.99. The Morgan fingerprint density at radius 2 is 1.80 bits per heavy atom. The maximum Gasteiger partial charge on any atom is 0.309 e. The van der Waals surface area contributed by atoms with Crippen LogP contribution in [0.2, 0.25) is 0 Å². The van der Waals surface area contributed by atoms with Gasteiger partial charge in [-0.25, -0.2) is 13.2 Å². The number of methoxy groups -OCH3 is 1. The number of carbonyl (C=O) groups is 1. The Hall–Kier alpha value is -2.90. The summed E-state index contributed by atoms with van der Waals surface area (Å²) in [6.07, 6.45) is 2.34. The quantitative estimate of drug-likeness (QED) is 0.205. The number of carboxylic acids is 1. The van der Waals surface area contributed by atoms with Gasteiger partial charge >= 0.3 is 5.97 Å². The fraction of sp³-hybridized carbons (Fsp3) is 0.500. The van der Waals surface area contributed by atoms with Gasteiger partial charge in [-0.15, -0.1) is 11.8 Å². The summed E-state index contributed by atoms with van der Waals surface area (Å²) >= 11 is 1.22. The number of nitrogens with zero attached hydrogens (tertiary/aromatic N) is 3. The Morgan fingerprint density at radius 3 is 2.45 bits per heavy atom. The molecule has 0 bridgehead atoms. The number of aliphatic hydroxyl groups is 1. The second kappa shape index (κ2) is 14.5. The van der Waals surface area contributed by atoms with Gasteiger partial charge in [0.15, 0.2) is 17.5 Å². The first-order valence-corrected chi connectivity index (χ1v) is 15.8. The Labute approximate surface area is 259 Å². The average Bonchev–Trinajstić information content (AvgIpc) is 3.03. The summed E-state index contributed by atoms with van der Waals surface area (Å²) in [6.45, 7) is 5.14. The van der Waals surface area contributed by atoms with E-state index >= 15 is 0 Å². The molecule has 3 aromatic rings. The van der Waals surface area contributed by atoms with Crippen LogP contribution in [0.3, 0.4) is 0 Å². The molecule has 12 heteroatoms. The van der Waals surface area contributed by atoms with Gasteiger partial charge in [0.05, 0.1) is 37.4 Å². The van der Waals surface area contributed by atoms with Crippen LogP contribution in [0, 0.1) is 22.9 Å². The fourth-order valence-corrected chi connectivity index (χ4v) is 7.08. The zero-order valence-electron chi connectivity index (χ0n) is 24.7. The number of rotatable bonds is 12. The number of aliphatic carboxylic acids is 1. The summed E-state index contributed by atoms with van der Waals surface area (Å²) in [6, 6.07) is 7.53. The third kappa shape index (κ3) is 7.48. The van der Waals surface area contributed by atoms with E-state index in [1.165, 1.54) is 11.8 Å². The number of hydrogen-bond acceptors (Lipinski definition) is 8. The van der Waals surface area contributed by atoms with E-state index in [0.717, 1.165) is 47.3 Å². The molecule has 0 radical (unpaired) electrons. The Morgan fingerprint density at radius 1 is 1.09 bits per heavy atom. The average molecular weight is 634 g/mol. The third-order valence-corrected chi connectivity index (χ3v) is 9.78. The number of carboxylic acid groups (broad SMARTS) is 1. The lowest BCUT2D eigenvalue weighted by Crippen LogP contribution is -2.45. The Kier molecular flexibility index (Phi) is 10.7. The lowest BCUT2D eigenvalue weighted by Gasteiger charge is -2.39. The molecule has 5 rings (SSSR count). The van der Waals surface area contributed by atoms with Crippen LogP contribution >= 0.6 is 11.8 Å². The molecule has 0 aliphatic carbocycles. The van der Waals surface area contributed by atoms with Crippen LogP contribution in [0.25, 0.3) is 10.9 Å². The van der Waals surface area contributed by atoms with Gasteiger partial charge < -0.3 is 24.6 Å². The smallest absolute Gasteiger partial charge is 0.309 e. The number of likely N-dealkylation sites (tertiary alicyclic amines) is 1. The van der Waals surface area contributed by atoms with Gasteiger partial charge in [-0.1, -0.05) is 0 Å². The number of halogens is 3. The molecule has 0 saturated carbocycles. The first-order chi connectivity index (χ1) is 21.2. The zero-order valence-corrected chi connectivity index (χ0v) is 25.6. The van der Waals surface area contributed by atoms with Crippen molar-refractivity contribution in [3.05, 3.63) is 65.1 Å². The highest BCUT2D eigenvalue weighted by atomic mass is 32.2. The van der Waals surface area contributed by atoms with Crippen LogP contribution < -0.4 is 4.74 Å². The van der Waals surface area contributed by atoms with Gasteiger partial charge in [0.2, 0.25) is 0 Å². The van der Waals surface area contributed by atoms with Crippen molar-refractivity contribution in [2.24, 2.45) is 5.41 Å². The molecule has 0 spiro atoms. The molecule has 2 fully saturated rings. The minimum atomic E-state index is -1.48. The lowest BCUT2D eigenvalue weighted by atomic mass is 9.74. The van der Waals surface area contributed by atoms with E-state index in [-0.39, 0.29) is 6.42 Å². The van der Waals surface area contributed by atoms with Gasteiger partial charge in [0.1, 0.15) is 5.75 Å². The van der Waals surface area contributed by atoms with Gasteiger partial charge in [-0.2, -0.15) is 0 Å². The molecule has 238 valence electrons. The number of thioether (sulfide) groups is 1. The van der Waals surface area contributed by atoms with E-state index < -0.39 is 34.9 Å². The fourth-order valence-electron chi connectivity index (χ4n) is 6.12. The van der Waals surface area contributed by atoms with Crippen molar-refractivity contribution >= 4 is 28.6 Å². The zero-order chi connectivity index (χ0) is 31.3. The van der Waals surface area contributed by atoms with Crippen molar-refractivity contribution < 1.29 is 37.7 Å². The van der Waals surface area contributed by atoms with E-state index in [2.05, 4.69) is 14.8 Å². The SMILES string of the molecule is COc1ccc2ncc(CN3CCOCC3)c([C@@H](O)CCC3(C(=O)O)CCN(CCSc4cc(F)c(F)c(F)c4)CC3)c2c1. The number of ether oxygens (including phenoxy) is 2. The van der Waals surface area contributed by atoms with E-state index in [4.69, 9.17) is 9.47 Å². The second-order valence-corrected chi connectivity index (χ2v) is 12.7. The monoisotopic (exact) mass is 633 g/mol. The number of piperidine rings is 1. The van der Waals surface area contributed by atoms with Gasteiger partial charge in [0.25, 0.3) is 0 Å². The lowest BCUT2D eigenvalue weighted by molar-refractivity contribution is -0.153. The van der Waals surface area contributed by atoms with Gasteiger partial charge in [-0.3, -0.25) is 14.7 Å². The molecule has 2 N–H and O–H groups in total. The summed E-state index contributed by atoms with van der Waals surface area (Å²) in [7, 11) is 1.59. The molecular weight excluding hydrogens is 595 g/mol. The molecule has 0 unspecified atom stereocenters. The molecule has 2 saturated heterocycles. The number of aliphatic hydroxyl groups excluding tert-OH is 1. The van der Waals surface area contributed by atoms with Crippen molar-refractivity contribution in [3.8, 4) is 5.75 Å². The largest absolute Gasteiger partial charge is 0.497 e. The van der Waals surface area contributed by atoms with Crippen LogP contribution in [0.4, 0.5) is 13.2 Å². The number of pyridine rings is 1. The molecule has 0 amide bonds. The van der Waals surface area contributed by atoms with Crippen molar-refractivity contribution in [3.63, 3.8) is 0 Å². The highest BCUT2D eigenvalue weighted by Gasteiger charge is 2.41. The third-order valence-electron chi connectivity index (χ3n) is 8.83. The predicted octanol–water partition coefficient (Wildman–Crippen LogP) is 5.27. The van der Waals surface area contributed by atoms with E-state index in [0.29, 0.717) is 75.1 Å². The predicted molar refractivity (Wildman–Crippen MR) is 161 cm³/mol. The summed E-state index contributed by atoms with van der Waals surface area (Å²) in [4.78, 5) is 21.9. The molecule has 44 heavy (non-hydrogen) atoms. The van der Waals surface area contributed by atoms with E-state index in [1.807, 2.05) is 18.2 Å². The molecule has 8 nitrogen and oxygen atoms in total. The van der Waals surface area contributed by atoms with Crippen molar-refractivity contribution in [2.75, 3.05) is 58.8 Å². The van der Waals surface area contributed by atoms with Crippen LogP contribution in [0.1, 0.15) is 42.9 Å². The Bertz CT molecular complexity index is 1440. The summed E-state index contributed by atoms with van der Waals surface area (Å²) in [5.74, 6) is -3.61. The van der Waals surface area contributed by atoms with Crippen LogP contribution in [0.15, 0.2) is 41.4 Å². The molecule has 1 atom stereocenters. The number of aromatic nitrogens is 1. The summed E-state index contributed by atoms with van der Waals surface area (Å²) in [5, 5.41) is 22.8. The maximum atomic E-state index is 13.5. The first-order valence-electron chi connectivity index (χ1n) is 14.9. The first kappa shape index (κ1) is 32.5. The van der Waals surface area contributed by atoms with Crippen molar-refractivity contribution in [1.29, 1.82) is 0 Å². The normalized spacial score (nSPS) is 18.4. The minimum Gasteiger partial charge on any atom is -0.497 e. The molecule has 2 aromatic carbocycles. The standard InChI is InChI=1S/C32H38F3N3O5S/c1-42-22-2-3-27-24(16-22)29(21(19-36-27)20-38-10-13-43-14-11-38)28(39)4-5-32(31(40)41)6-8-37(9-7-32)12-15-44-23-17-25(33)30(35)26(34)18-23/h2-3,16-19,28,39H,4-15,20H2,1H3,(H,40,41)/t28-/m0/s1. The number of benzene rings is 2. The van der Waals surface area contributed by atoms with Gasteiger partial charge in [0, 0.05) is 48.4 Å². The van der Waals surface area contributed by atoms with Crippen LogP contribution in [0.5, 0.6) is 5.75 Å². The minimum absolute atomic E-state index is 0.274. The van der Waals surface area contributed by atoms with Crippen LogP contribution in [-0.4, -0.2) is 89.8 Å². The summed E-state index contributed by atoms with van der Waals surface area (Å²) < 4.78 is 51.3. The molecular formula is C32H38F3N3O5S. The van der Waals surface area contributed by atoms with Crippen molar-refractivity contribution in [1.82, 2.24) is 14.8 Å². The molecule has 1 aromatic heterocycles. The maximum absolute atomic E-state index is 13.5. The topological polar surface area (TPSA) is 95.4 Å². The van der Waals surface area contributed by atoms with Crippen LogP contribution in [-0.2, 0) is 16.1 Å². The molecule has 2 aliphatic rings. The van der Waals surface area contributed by atoms with Gasteiger partial charge in [-0.05, 0) is 80.2 Å². The number of fused-ring (bicyclic) bond motifs is 1. The number of hydrogen-bond donors (Lipinski definition) is 2. The molecule has 2 aliphatic heterocycles. The van der Waals surface area contributed by atoms with E-state index in [1.54, 1.807) is 13.3 Å². The highest BCUT2D eigenvalue weighted by Crippen LogP contribution is 2.41. The van der Waals surface area contributed by atoms with E-state index in [9.17, 15) is 28.2 Å². The molecule has 3 heterocycles. The summed E-state index contributed by atoms with van der Waals surface area (Å²) in [5.41, 5.74) is 1.41. The van der Waals surface area contributed by atoms with Crippen molar-refractivity contribution in [2.45, 2.75) is 43.2 Å².